The van der Waals surface area contributed by atoms with E-state index in [4.69, 9.17) is 0 Å². The van der Waals surface area contributed by atoms with Crippen molar-refractivity contribution in [1.82, 2.24) is 20.4 Å². The van der Waals surface area contributed by atoms with Gasteiger partial charge in [-0.25, -0.2) is 4.39 Å². The molecule has 3 amide bonds. The summed E-state index contributed by atoms with van der Waals surface area (Å²) in [6.45, 7) is 9.00. The molecule has 0 aromatic heterocycles. The number of nitrogens with zero attached hydrogens (tertiary/aromatic N) is 2. The second kappa shape index (κ2) is 10.3. The molecule has 1 aromatic rings. The molecule has 1 aromatic carbocycles. The molecule has 8 nitrogen and oxygen atoms in total. The van der Waals surface area contributed by atoms with E-state index in [0.29, 0.717) is 38.4 Å². The zero-order chi connectivity index (χ0) is 21.4. The van der Waals surface area contributed by atoms with E-state index in [1.807, 2.05) is 25.7 Å². The Balaban J connectivity index is 1.63. The van der Waals surface area contributed by atoms with Crippen LogP contribution in [0, 0.1) is 5.82 Å². The van der Waals surface area contributed by atoms with Crippen molar-refractivity contribution in [3.8, 4) is 0 Å². The van der Waals surface area contributed by atoms with Gasteiger partial charge in [0.15, 0.2) is 0 Å². The second-order valence-corrected chi connectivity index (χ2v) is 8.18. The number of halogens is 1. The van der Waals surface area contributed by atoms with Crippen LogP contribution in [0.25, 0.3) is 0 Å². The normalized spacial score (nSPS) is 15.6. The Hall–Kier alpha value is -2.52. The molecule has 3 N–H and O–H groups in total. The van der Waals surface area contributed by atoms with Crippen LogP contribution >= 0.6 is 0 Å². The monoisotopic (exact) mass is 407 g/mol. The van der Waals surface area contributed by atoms with Gasteiger partial charge in [0, 0.05) is 37.4 Å². The summed E-state index contributed by atoms with van der Waals surface area (Å²) < 4.78 is 12.9. The molecule has 0 radical (unpaired) electrons. The number of hydrogen-bond donors (Lipinski definition) is 3. The van der Waals surface area contributed by atoms with Crippen molar-refractivity contribution in [2.24, 2.45) is 0 Å². The predicted octanol–water partition coefficient (Wildman–Crippen LogP) is 0.413. The first-order valence-corrected chi connectivity index (χ1v) is 9.68. The average Bonchev–Trinajstić information content (AvgIpc) is 2.62. The number of amides is 3. The van der Waals surface area contributed by atoms with Gasteiger partial charge in [0.1, 0.15) is 5.82 Å². The van der Waals surface area contributed by atoms with Gasteiger partial charge in [0.25, 0.3) is 0 Å². The lowest BCUT2D eigenvalue weighted by Crippen LogP contribution is -2.53. The summed E-state index contributed by atoms with van der Waals surface area (Å²) in [5.41, 5.74) is 0.220. The molecule has 0 bridgehead atoms. The third-order valence-corrected chi connectivity index (χ3v) is 4.29. The second-order valence-electron chi connectivity index (χ2n) is 8.18. The van der Waals surface area contributed by atoms with Gasteiger partial charge in [-0.2, -0.15) is 0 Å². The molecule has 29 heavy (non-hydrogen) atoms. The number of nitrogens with one attached hydrogen (secondary N) is 3. The van der Waals surface area contributed by atoms with Crippen molar-refractivity contribution in [2.75, 3.05) is 51.1 Å². The SMILES string of the molecule is CC(C)(C)NC(=O)CN1CCN(CC(=O)NCC(=O)Nc2ccc(F)cc2)CC1. The molecule has 9 heteroatoms. The summed E-state index contributed by atoms with van der Waals surface area (Å²) in [4.78, 5) is 40.0. The zero-order valence-corrected chi connectivity index (χ0v) is 17.3. The number of carbonyl (C=O) groups excluding carboxylic acids is 3. The minimum atomic E-state index is -0.383. The number of rotatable bonds is 7. The Morgan fingerprint density at radius 1 is 0.897 bits per heavy atom. The van der Waals surface area contributed by atoms with E-state index in [0.717, 1.165) is 0 Å². The third kappa shape index (κ3) is 9.01. The highest BCUT2D eigenvalue weighted by Gasteiger charge is 2.22. The molecular formula is C20H30FN5O3. The lowest BCUT2D eigenvalue weighted by Gasteiger charge is -2.34. The first-order valence-electron chi connectivity index (χ1n) is 9.68. The van der Waals surface area contributed by atoms with Crippen molar-refractivity contribution in [1.29, 1.82) is 0 Å². The number of hydrogen-bond acceptors (Lipinski definition) is 5. The molecule has 160 valence electrons. The summed E-state index contributed by atoms with van der Waals surface area (Å²) in [6, 6.07) is 5.41. The van der Waals surface area contributed by atoms with E-state index in [2.05, 4.69) is 20.9 Å². The smallest absolute Gasteiger partial charge is 0.243 e. The van der Waals surface area contributed by atoms with Crippen molar-refractivity contribution in [3.63, 3.8) is 0 Å². The lowest BCUT2D eigenvalue weighted by molar-refractivity contribution is -0.126. The summed E-state index contributed by atoms with van der Waals surface area (Å²) in [7, 11) is 0. The minimum absolute atomic E-state index is 0.00383. The maximum atomic E-state index is 12.9. The van der Waals surface area contributed by atoms with E-state index >= 15 is 0 Å². The number of anilines is 1. The quantitative estimate of drug-likeness (QED) is 0.609. The largest absolute Gasteiger partial charge is 0.350 e. The molecule has 0 spiro atoms. The van der Waals surface area contributed by atoms with Gasteiger partial charge in [-0.1, -0.05) is 0 Å². The van der Waals surface area contributed by atoms with Crippen LogP contribution in [0.1, 0.15) is 20.8 Å². The van der Waals surface area contributed by atoms with Gasteiger partial charge in [-0.15, -0.1) is 0 Å². The molecule has 1 heterocycles. The Morgan fingerprint density at radius 3 is 1.93 bits per heavy atom. The van der Waals surface area contributed by atoms with Crippen LogP contribution in [0.4, 0.5) is 10.1 Å². The molecule has 0 unspecified atom stereocenters. The highest BCUT2D eigenvalue weighted by molar-refractivity contribution is 5.94. The molecule has 2 rings (SSSR count). The average molecular weight is 407 g/mol. The first-order chi connectivity index (χ1) is 13.6. The maximum absolute atomic E-state index is 12.9. The Bertz CT molecular complexity index is 710. The molecule has 1 fully saturated rings. The third-order valence-electron chi connectivity index (χ3n) is 4.29. The van der Waals surface area contributed by atoms with Crippen molar-refractivity contribution >= 4 is 23.4 Å². The fourth-order valence-electron chi connectivity index (χ4n) is 2.94. The summed E-state index contributed by atoms with van der Waals surface area (Å²) in [6.07, 6.45) is 0. The number of carbonyl (C=O) groups is 3. The molecule has 1 aliphatic heterocycles. The van der Waals surface area contributed by atoms with Crippen LogP contribution in [0.15, 0.2) is 24.3 Å². The highest BCUT2D eigenvalue weighted by Crippen LogP contribution is 2.07. The van der Waals surface area contributed by atoms with E-state index < -0.39 is 0 Å². The molecule has 0 saturated carbocycles. The van der Waals surface area contributed by atoms with Crippen LogP contribution in [0.2, 0.25) is 0 Å². The Labute approximate surface area is 170 Å². The topological polar surface area (TPSA) is 93.8 Å². The summed E-state index contributed by atoms with van der Waals surface area (Å²) in [5.74, 6) is -1.00. The van der Waals surface area contributed by atoms with E-state index in [9.17, 15) is 18.8 Å². The van der Waals surface area contributed by atoms with E-state index in [-0.39, 0.29) is 42.2 Å². The molecule has 1 saturated heterocycles. The molecule has 1 aliphatic rings. The van der Waals surface area contributed by atoms with Crippen molar-refractivity contribution in [2.45, 2.75) is 26.3 Å². The van der Waals surface area contributed by atoms with Crippen molar-refractivity contribution in [3.05, 3.63) is 30.1 Å². The van der Waals surface area contributed by atoms with Gasteiger partial charge in [0.2, 0.25) is 17.7 Å². The lowest BCUT2D eigenvalue weighted by atomic mass is 10.1. The fraction of sp³-hybridized carbons (Fsp3) is 0.550. The zero-order valence-electron chi connectivity index (χ0n) is 17.3. The van der Waals surface area contributed by atoms with Crippen molar-refractivity contribution < 1.29 is 18.8 Å². The Kier molecular flexibility index (Phi) is 8.10. The fourth-order valence-corrected chi connectivity index (χ4v) is 2.94. The van der Waals surface area contributed by atoms with Gasteiger partial charge in [0.05, 0.1) is 19.6 Å². The minimum Gasteiger partial charge on any atom is -0.350 e. The van der Waals surface area contributed by atoms with Gasteiger partial charge in [-0.3, -0.25) is 24.2 Å². The summed E-state index contributed by atoms with van der Waals surface area (Å²) in [5, 5.41) is 8.12. The predicted molar refractivity (Wildman–Crippen MR) is 109 cm³/mol. The van der Waals surface area contributed by atoms with Crippen LogP contribution in [-0.2, 0) is 14.4 Å². The number of benzene rings is 1. The van der Waals surface area contributed by atoms with Gasteiger partial charge >= 0.3 is 0 Å². The first kappa shape index (κ1) is 22.8. The van der Waals surface area contributed by atoms with E-state index in [1.54, 1.807) is 0 Å². The van der Waals surface area contributed by atoms with Crippen LogP contribution < -0.4 is 16.0 Å². The van der Waals surface area contributed by atoms with E-state index in [1.165, 1.54) is 24.3 Å². The van der Waals surface area contributed by atoms with Crippen LogP contribution in [0.5, 0.6) is 0 Å². The highest BCUT2D eigenvalue weighted by atomic mass is 19.1. The van der Waals surface area contributed by atoms with Gasteiger partial charge in [-0.05, 0) is 45.0 Å². The maximum Gasteiger partial charge on any atom is 0.243 e. The molecular weight excluding hydrogens is 377 g/mol. The standard InChI is InChI=1S/C20H30FN5O3/c1-20(2,3)24-19(29)14-26-10-8-25(9-11-26)13-18(28)22-12-17(27)23-16-6-4-15(21)5-7-16/h4-7H,8-14H2,1-3H3,(H,22,28)(H,23,27)(H,24,29). The summed E-state index contributed by atoms with van der Waals surface area (Å²) >= 11 is 0. The van der Waals surface area contributed by atoms with Gasteiger partial charge < -0.3 is 16.0 Å². The molecule has 0 atom stereocenters. The number of piperazine rings is 1. The van der Waals surface area contributed by atoms with Crippen LogP contribution in [0.3, 0.4) is 0 Å². The van der Waals surface area contributed by atoms with Crippen LogP contribution in [-0.4, -0.2) is 78.9 Å². The Morgan fingerprint density at radius 2 is 1.41 bits per heavy atom. The molecule has 0 aliphatic carbocycles.